The summed E-state index contributed by atoms with van der Waals surface area (Å²) >= 11 is 0. The van der Waals surface area contributed by atoms with Crippen LogP contribution in [-0.4, -0.2) is 13.2 Å². The number of nitrogens with two attached hydrogens (primary N) is 1. The van der Waals surface area contributed by atoms with Crippen molar-refractivity contribution in [3.8, 4) is 5.75 Å². The minimum Gasteiger partial charge on any atom is -0.490 e. The molecule has 0 saturated heterocycles. The van der Waals surface area contributed by atoms with Crippen LogP contribution < -0.4 is 10.5 Å². The van der Waals surface area contributed by atoms with Gasteiger partial charge in [-0.2, -0.15) is 0 Å². The molecule has 0 spiro atoms. The smallest absolute Gasteiger partial charge is 0.165 e. The highest BCUT2D eigenvalue weighted by Crippen LogP contribution is 2.19. The summed E-state index contributed by atoms with van der Waals surface area (Å²) in [6, 6.07) is 5.01. The second-order valence-corrected chi connectivity index (χ2v) is 4.01. The van der Waals surface area contributed by atoms with Crippen LogP contribution in [0, 0.1) is 11.7 Å². The molecule has 0 saturated carbocycles. The summed E-state index contributed by atoms with van der Waals surface area (Å²) in [6.07, 6.45) is 0.696. The van der Waals surface area contributed by atoms with E-state index in [-0.39, 0.29) is 5.82 Å². The molecular weight excluding hydrogens is 193 g/mol. The maximum Gasteiger partial charge on any atom is 0.165 e. The molecule has 0 aliphatic carbocycles. The second-order valence-electron chi connectivity index (χ2n) is 4.01. The maximum atomic E-state index is 13.5. The summed E-state index contributed by atoms with van der Waals surface area (Å²) < 4.78 is 18.8. The van der Waals surface area contributed by atoms with E-state index in [2.05, 4.69) is 0 Å². The zero-order chi connectivity index (χ0) is 11.3. The second kappa shape index (κ2) is 5.71. The van der Waals surface area contributed by atoms with Crippen LogP contribution in [0.2, 0.25) is 0 Å². The zero-order valence-electron chi connectivity index (χ0n) is 9.29. The maximum absolute atomic E-state index is 13.5. The topological polar surface area (TPSA) is 35.2 Å². The molecule has 0 amide bonds. The first-order valence-electron chi connectivity index (χ1n) is 5.24. The largest absolute Gasteiger partial charge is 0.490 e. The molecule has 0 radical (unpaired) electrons. The number of hydrogen-bond donors (Lipinski definition) is 1. The monoisotopic (exact) mass is 211 g/mol. The quantitative estimate of drug-likeness (QED) is 0.811. The van der Waals surface area contributed by atoms with Gasteiger partial charge in [-0.05, 0) is 36.6 Å². The van der Waals surface area contributed by atoms with Gasteiger partial charge in [0.1, 0.15) is 0 Å². The van der Waals surface area contributed by atoms with Crippen LogP contribution >= 0.6 is 0 Å². The highest BCUT2D eigenvalue weighted by atomic mass is 19.1. The van der Waals surface area contributed by atoms with E-state index in [1.165, 1.54) is 6.07 Å². The van der Waals surface area contributed by atoms with E-state index in [9.17, 15) is 4.39 Å². The molecule has 0 aliphatic rings. The molecule has 0 aliphatic heterocycles. The van der Waals surface area contributed by atoms with Crippen LogP contribution in [0.1, 0.15) is 19.4 Å². The summed E-state index contributed by atoms with van der Waals surface area (Å²) in [5.41, 5.74) is 6.30. The molecule has 15 heavy (non-hydrogen) atoms. The lowest BCUT2D eigenvalue weighted by atomic mass is 10.1. The predicted molar refractivity (Wildman–Crippen MR) is 59.5 cm³/mol. The first-order chi connectivity index (χ1) is 7.13. The molecule has 84 valence electrons. The lowest BCUT2D eigenvalue weighted by molar-refractivity contribution is 0.259. The summed E-state index contributed by atoms with van der Waals surface area (Å²) in [5.74, 6) is 0.416. The molecule has 0 unspecified atom stereocenters. The Labute approximate surface area is 90.2 Å². The van der Waals surface area contributed by atoms with Gasteiger partial charge in [-0.15, -0.1) is 0 Å². The van der Waals surface area contributed by atoms with Crippen LogP contribution in [0.5, 0.6) is 5.75 Å². The van der Waals surface area contributed by atoms with E-state index in [0.717, 1.165) is 5.56 Å². The van der Waals surface area contributed by atoms with Crippen molar-refractivity contribution in [1.29, 1.82) is 0 Å². The van der Waals surface area contributed by atoms with Gasteiger partial charge >= 0.3 is 0 Å². The number of rotatable bonds is 5. The van der Waals surface area contributed by atoms with Crippen LogP contribution in [-0.2, 0) is 6.42 Å². The van der Waals surface area contributed by atoms with Crippen LogP contribution in [0.3, 0.4) is 0 Å². The molecule has 1 aromatic carbocycles. The average molecular weight is 211 g/mol. The van der Waals surface area contributed by atoms with Gasteiger partial charge in [-0.25, -0.2) is 4.39 Å². The van der Waals surface area contributed by atoms with Crippen LogP contribution in [0.4, 0.5) is 4.39 Å². The van der Waals surface area contributed by atoms with Gasteiger partial charge in [0.05, 0.1) is 6.61 Å². The first kappa shape index (κ1) is 12.0. The van der Waals surface area contributed by atoms with Gasteiger partial charge < -0.3 is 10.5 Å². The Hall–Kier alpha value is -1.09. The molecule has 0 atom stereocenters. The predicted octanol–water partition coefficient (Wildman–Crippen LogP) is 2.36. The Morgan fingerprint density at radius 3 is 2.67 bits per heavy atom. The molecular formula is C12H18FNO. The third kappa shape index (κ3) is 3.88. The molecule has 0 bridgehead atoms. The highest BCUT2D eigenvalue weighted by molar-refractivity contribution is 5.29. The lowest BCUT2D eigenvalue weighted by Crippen LogP contribution is -2.07. The number of hydrogen-bond acceptors (Lipinski definition) is 2. The van der Waals surface area contributed by atoms with Crippen molar-refractivity contribution in [3.63, 3.8) is 0 Å². The van der Waals surface area contributed by atoms with Gasteiger partial charge in [0, 0.05) is 0 Å². The number of ether oxygens (including phenoxy) is 1. The van der Waals surface area contributed by atoms with Crippen molar-refractivity contribution >= 4 is 0 Å². The van der Waals surface area contributed by atoms with Gasteiger partial charge in [0.25, 0.3) is 0 Å². The SMILES string of the molecule is CC(C)COc1ccc(CCN)cc1F. The van der Waals surface area contributed by atoms with Crippen molar-refractivity contribution in [2.45, 2.75) is 20.3 Å². The number of halogens is 1. The molecule has 2 N–H and O–H groups in total. The minimum absolute atomic E-state index is 0.304. The molecule has 1 rings (SSSR count). The van der Waals surface area contributed by atoms with Gasteiger partial charge in [0.2, 0.25) is 0 Å². The van der Waals surface area contributed by atoms with Gasteiger partial charge in [-0.3, -0.25) is 0 Å². The molecule has 0 heterocycles. The third-order valence-electron chi connectivity index (χ3n) is 2.00. The third-order valence-corrected chi connectivity index (χ3v) is 2.00. The summed E-state index contributed by atoms with van der Waals surface area (Å²) in [5, 5.41) is 0. The van der Waals surface area contributed by atoms with Crippen molar-refractivity contribution in [1.82, 2.24) is 0 Å². The van der Waals surface area contributed by atoms with E-state index in [1.54, 1.807) is 6.07 Å². The van der Waals surface area contributed by atoms with E-state index < -0.39 is 0 Å². The van der Waals surface area contributed by atoms with Crippen molar-refractivity contribution in [2.24, 2.45) is 11.7 Å². The Bertz CT molecular complexity index is 312. The summed E-state index contributed by atoms with van der Waals surface area (Å²) in [6.45, 7) is 5.13. The Morgan fingerprint density at radius 2 is 2.13 bits per heavy atom. The molecule has 2 nitrogen and oxygen atoms in total. The van der Waals surface area contributed by atoms with Crippen LogP contribution in [0.15, 0.2) is 18.2 Å². The van der Waals surface area contributed by atoms with E-state index in [0.29, 0.717) is 31.2 Å². The molecule has 0 fully saturated rings. The standard InChI is InChI=1S/C12H18FNO/c1-9(2)8-15-12-4-3-10(5-6-14)7-11(12)13/h3-4,7,9H,5-6,8,14H2,1-2H3. The van der Waals surface area contributed by atoms with Gasteiger partial charge in [-0.1, -0.05) is 19.9 Å². The molecule has 1 aromatic rings. The van der Waals surface area contributed by atoms with Gasteiger partial charge in [0.15, 0.2) is 11.6 Å². The summed E-state index contributed by atoms with van der Waals surface area (Å²) in [7, 11) is 0. The average Bonchev–Trinajstić information content (AvgIpc) is 2.17. The van der Waals surface area contributed by atoms with Crippen molar-refractivity contribution < 1.29 is 9.13 Å². The van der Waals surface area contributed by atoms with E-state index >= 15 is 0 Å². The lowest BCUT2D eigenvalue weighted by Gasteiger charge is -2.10. The first-order valence-corrected chi connectivity index (χ1v) is 5.24. The Morgan fingerprint density at radius 1 is 1.40 bits per heavy atom. The Balaban J connectivity index is 2.66. The minimum atomic E-state index is -0.304. The molecule has 0 aromatic heterocycles. The highest BCUT2D eigenvalue weighted by Gasteiger charge is 2.05. The van der Waals surface area contributed by atoms with Crippen LogP contribution in [0.25, 0.3) is 0 Å². The van der Waals surface area contributed by atoms with E-state index in [4.69, 9.17) is 10.5 Å². The van der Waals surface area contributed by atoms with E-state index in [1.807, 2.05) is 19.9 Å². The Kier molecular flexibility index (Phi) is 4.56. The van der Waals surface area contributed by atoms with Crippen molar-refractivity contribution in [2.75, 3.05) is 13.2 Å². The summed E-state index contributed by atoms with van der Waals surface area (Å²) in [4.78, 5) is 0. The fourth-order valence-electron chi connectivity index (χ4n) is 1.24. The van der Waals surface area contributed by atoms with Crippen molar-refractivity contribution in [3.05, 3.63) is 29.6 Å². The normalized spacial score (nSPS) is 10.7. The zero-order valence-corrected chi connectivity index (χ0v) is 9.29. The number of benzene rings is 1. The molecule has 3 heteroatoms. The fourth-order valence-corrected chi connectivity index (χ4v) is 1.24. The fraction of sp³-hybridized carbons (Fsp3) is 0.500.